The minimum absolute atomic E-state index is 0.129. The zero-order chi connectivity index (χ0) is 14.8. The summed E-state index contributed by atoms with van der Waals surface area (Å²) >= 11 is 0. The standard InChI is InChI=1S/C15H24N2O2S/c1-3-15(9-4-5-10-15)11-17-20(18,19)14-12(2)7-6-8-13(14)16/h6-8,17H,3-5,9-11,16H2,1-2H3. The van der Waals surface area contributed by atoms with Gasteiger partial charge in [-0.1, -0.05) is 31.9 Å². The van der Waals surface area contributed by atoms with Gasteiger partial charge in [0.05, 0.1) is 5.69 Å². The van der Waals surface area contributed by atoms with E-state index in [4.69, 9.17) is 5.73 Å². The summed E-state index contributed by atoms with van der Waals surface area (Å²) in [5, 5.41) is 0. The van der Waals surface area contributed by atoms with Crippen molar-refractivity contribution in [3.8, 4) is 0 Å². The summed E-state index contributed by atoms with van der Waals surface area (Å²) in [6, 6.07) is 5.18. The monoisotopic (exact) mass is 296 g/mol. The smallest absolute Gasteiger partial charge is 0.242 e. The number of aryl methyl sites for hydroxylation is 1. The van der Waals surface area contributed by atoms with Crippen LogP contribution in [-0.4, -0.2) is 15.0 Å². The predicted octanol–water partition coefficient (Wildman–Crippen LogP) is 2.83. The van der Waals surface area contributed by atoms with Gasteiger partial charge in [-0.3, -0.25) is 0 Å². The highest BCUT2D eigenvalue weighted by atomic mass is 32.2. The van der Waals surface area contributed by atoms with Gasteiger partial charge in [-0.15, -0.1) is 0 Å². The van der Waals surface area contributed by atoms with Crippen LogP contribution in [0.1, 0.15) is 44.6 Å². The average Bonchev–Trinajstić information content (AvgIpc) is 2.85. The van der Waals surface area contributed by atoms with Crippen LogP contribution in [-0.2, 0) is 10.0 Å². The van der Waals surface area contributed by atoms with Crippen molar-refractivity contribution in [1.82, 2.24) is 4.72 Å². The van der Waals surface area contributed by atoms with Crippen LogP contribution in [0, 0.1) is 12.3 Å². The van der Waals surface area contributed by atoms with Crippen LogP contribution in [0.25, 0.3) is 0 Å². The van der Waals surface area contributed by atoms with E-state index in [0.29, 0.717) is 17.8 Å². The quantitative estimate of drug-likeness (QED) is 0.821. The molecule has 2 rings (SSSR count). The fourth-order valence-electron chi connectivity index (χ4n) is 3.14. The summed E-state index contributed by atoms with van der Waals surface area (Å²) in [4.78, 5) is 0.226. The molecule has 1 aliphatic carbocycles. The van der Waals surface area contributed by atoms with Gasteiger partial charge in [0.25, 0.3) is 0 Å². The molecule has 4 nitrogen and oxygen atoms in total. The number of hydrogen-bond acceptors (Lipinski definition) is 3. The third-order valence-corrected chi connectivity index (χ3v) is 6.18. The van der Waals surface area contributed by atoms with Crippen LogP contribution in [0.3, 0.4) is 0 Å². The minimum Gasteiger partial charge on any atom is -0.398 e. The number of rotatable bonds is 5. The molecule has 0 aliphatic heterocycles. The van der Waals surface area contributed by atoms with Crippen molar-refractivity contribution >= 4 is 15.7 Å². The Hall–Kier alpha value is -1.07. The van der Waals surface area contributed by atoms with Crippen LogP contribution < -0.4 is 10.5 Å². The first kappa shape index (κ1) is 15.3. The summed E-state index contributed by atoms with van der Waals surface area (Å²) in [6.07, 6.45) is 5.62. The minimum atomic E-state index is -3.53. The van der Waals surface area contributed by atoms with Gasteiger partial charge in [-0.2, -0.15) is 0 Å². The molecule has 0 unspecified atom stereocenters. The zero-order valence-electron chi connectivity index (χ0n) is 12.3. The van der Waals surface area contributed by atoms with Gasteiger partial charge in [0.2, 0.25) is 10.0 Å². The second-order valence-electron chi connectivity index (χ2n) is 5.88. The SMILES string of the molecule is CCC1(CNS(=O)(=O)c2c(C)cccc2N)CCCC1. The molecule has 5 heteroatoms. The molecule has 0 aromatic heterocycles. The maximum Gasteiger partial charge on any atom is 0.242 e. The molecule has 0 saturated heterocycles. The van der Waals surface area contributed by atoms with Crippen molar-refractivity contribution in [3.63, 3.8) is 0 Å². The summed E-state index contributed by atoms with van der Waals surface area (Å²) in [7, 11) is -3.53. The van der Waals surface area contributed by atoms with Crippen molar-refractivity contribution in [2.75, 3.05) is 12.3 Å². The normalized spacial score (nSPS) is 18.3. The fraction of sp³-hybridized carbons (Fsp3) is 0.600. The van der Waals surface area contributed by atoms with Crippen LogP contribution >= 0.6 is 0 Å². The molecule has 20 heavy (non-hydrogen) atoms. The van der Waals surface area contributed by atoms with E-state index in [-0.39, 0.29) is 10.3 Å². The maximum absolute atomic E-state index is 12.5. The summed E-state index contributed by atoms with van der Waals surface area (Å²) in [5.41, 5.74) is 6.97. The number of nitrogens with one attached hydrogen (secondary N) is 1. The molecular weight excluding hydrogens is 272 g/mol. The summed E-state index contributed by atoms with van der Waals surface area (Å²) in [6.45, 7) is 4.43. The van der Waals surface area contributed by atoms with E-state index in [9.17, 15) is 8.42 Å². The lowest BCUT2D eigenvalue weighted by Crippen LogP contribution is -2.36. The van der Waals surface area contributed by atoms with Crippen LogP contribution in [0.2, 0.25) is 0 Å². The number of hydrogen-bond donors (Lipinski definition) is 2. The fourth-order valence-corrected chi connectivity index (χ4v) is 4.65. The molecule has 0 atom stereocenters. The lowest BCUT2D eigenvalue weighted by molar-refractivity contribution is 0.285. The molecule has 0 bridgehead atoms. The van der Waals surface area contributed by atoms with E-state index in [0.717, 1.165) is 19.3 Å². The third kappa shape index (κ3) is 2.99. The molecule has 1 aromatic rings. The second-order valence-corrected chi connectivity index (χ2v) is 7.58. The highest BCUT2D eigenvalue weighted by molar-refractivity contribution is 7.89. The first-order valence-corrected chi connectivity index (χ1v) is 8.73. The Morgan fingerprint density at radius 1 is 1.30 bits per heavy atom. The van der Waals surface area contributed by atoms with Gasteiger partial charge in [-0.05, 0) is 43.2 Å². The number of nitrogens with two attached hydrogens (primary N) is 1. The van der Waals surface area contributed by atoms with Crippen LogP contribution in [0.4, 0.5) is 5.69 Å². The Labute approximate surface area is 121 Å². The largest absolute Gasteiger partial charge is 0.398 e. The molecule has 1 aliphatic rings. The van der Waals surface area contributed by atoms with Crippen molar-refractivity contribution < 1.29 is 8.42 Å². The van der Waals surface area contributed by atoms with Crippen molar-refractivity contribution in [1.29, 1.82) is 0 Å². The lowest BCUT2D eigenvalue weighted by Gasteiger charge is -2.27. The predicted molar refractivity (Wildman–Crippen MR) is 82.0 cm³/mol. The summed E-state index contributed by atoms with van der Waals surface area (Å²) in [5.74, 6) is 0. The van der Waals surface area contributed by atoms with Crippen molar-refractivity contribution in [2.45, 2.75) is 50.8 Å². The molecule has 0 radical (unpaired) electrons. The molecular formula is C15H24N2O2S. The second kappa shape index (κ2) is 5.74. The van der Waals surface area contributed by atoms with Crippen molar-refractivity contribution in [3.05, 3.63) is 23.8 Å². The first-order chi connectivity index (χ1) is 9.40. The van der Waals surface area contributed by atoms with Gasteiger partial charge in [0.1, 0.15) is 4.90 Å². The highest BCUT2D eigenvalue weighted by Crippen LogP contribution is 2.40. The zero-order valence-corrected chi connectivity index (χ0v) is 13.1. The highest BCUT2D eigenvalue weighted by Gasteiger charge is 2.33. The Morgan fingerprint density at radius 3 is 2.50 bits per heavy atom. The number of nitrogen functional groups attached to an aromatic ring is 1. The lowest BCUT2D eigenvalue weighted by atomic mass is 9.84. The van der Waals surface area contributed by atoms with E-state index < -0.39 is 10.0 Å². The molecule has 0 spiro atoms. The molecule has 1 fully saturated rings. The van der Waals surface area contributed by atoms with Gasteiger partial charge in [0, 0.05) is 6.54 Å². The van der Waals surface area contributed by atoms with Crippen molar-refractivity contribution in [2.24, 2.45) is 5.41 Å². The Bertz CT molecular complexity index is 555. The average molecular weight is 296 g/mol. The molecule has 1 saturated carbocycles. The maximum atomic E-state index is 12.5. The van der Waals surface area contributed by atoms with Crippen LogP contribution in [0.5, 0.6) is 0 Å². The third-order valence-electron chi connectivity index (χ3n) is 4.56. The van der Waals surface area contributed by atoms with E-state index in [1.807, 2.05) is 0 Å². The Kier molecular flexibility index (Phi) is 4.39. The van der Waals surface area contributed by atoms with Gasteiger partial charge in [-0.25, -0.2) is 13.1 Å². The summed E-state index contributed by atoms with van der Waals surface area (Å²) < 4.78 is 27.8. The molecule has 3 N–H and O–H groups in total. The van der Waals surface area contributed by atoms with E-state index in [2.05, 4.69) is 11.6 Å². The van der Waals surface area contributed by atoms with Gasteiger partial charge < -0.3 is 5.73 Å². The van der Waals surface area contributed by atoms with Crippen LogP contribution in [0.15, 0.2) is 23.1 Å². The molecule has 0 heterocycles. The molecule has 0 amide bonds. The topological polar surface area (TPSA) is 72.2 Å². The Balaban J connectivity index is 2.20. The van der Waals surface area contributed by atoms with E-state index in [1.54, 1.807) is 25.1 Å². The van der Waals surface area contributed by atoms with Gasteiger partial charge >= 0.3 is 0 Å². The molecule has 112 valence electrons. The van der Waals surface area contributed by atoms with E-state index >= 15 is 0 Å². The first-order valence-electron chi connectivity index (χ1n) is 7.25. The Morgan fingerprint density at radius 2 is 1.95 bits per heavy atom. The number of anilines is 1. The van der Waals surface area contributed by atoms with Gasteiger partial charge in [0.15, 0.2) is 0 Å². The molecule has 1 aromatic carbocycles. The number of sulfonamides is 1. The number of benzene rings is 1. The van der Waals surface area contributed by atoms with E-state index in [1.165, 1.54) is 12.8 Å².